The van der Waals surface area contributed by atoms with E-state index in [1.807, 2.05) is 7.05 Å². The van der Waals surface area contributed by atoms with Gasteiger partial charge >= 0.3 is 35.5 Å². The van der Waals surface area contributed by atoms with E-state index in [4.69, 9.17) is 5.11 Å². The van der Waals surface area contributed by atoms with Gasteiger partial charge in [0.05, 0.1) is 6.54 Å². The first-order valence-electron chi connectivity index (χ1n) is 5.85. The van der Waals surface area contributed by atoms with Crippen molar-refractivity contribution in [2.24, 2.45) is 4.99 Å². The summed E-state index contributed by atoms with van der Waals surface area (Å²) in [6, 6.07) is 0. The molecule has 0 rings (SSSR count). The number of aliphatic carboxylic acids is 1. The number of nitrogens with zero attached hydrogens (tertiary/aromatic N) is 1. The minimum absolute atomic E-state index is 0. The Balaban J connectivity index is 0. The quantitative estimate of drug-likeness (QED) is 0.0990. The van der Waals surface area contributed by atoms with E-state index >= 15 is 0 Å². The Hall–Kier alpha value is -0.440. The van der Waals surface area contributed by atoms with E-state index in [0.29, 0.717) is 13.1 Å². The Morgan fingerprint density at radius 3 is 2.32 bits per heavy atom. The van der Waals surface area contributed by atoms with Crippen molar-refractivity contribution in [2.75, 3.05) is 46.3 Å². The van der Waals surface area contributed by atoms with Gasteiger partial charge in [0, 0.05) is 38.8 Å². The van der Waals surface area contributed by atoms with Crippen LogP contribution in [0.5, 0.6) is 0 Å². The molecule has 0 saturated heterocycles. The van der Waals surface area contributed by atoms with Crippen molar-refractivity contribution in [2.45, 2.75) is 0 Å². The molecule has 8 heteroatoms. The summed E-state index contributed by atoms with van der Waals surface area (Å²) >= 11 is 0. The van der Waals surface area contributed by atoms with Crippen molar-refractivity contribution in [3.05, 3.63) is 12.2 Å². The van der Waals surface area contributed by atoms with Crippen LogP contribution in [0.25, 0.3) is 0 Å². The second-order valence-corrected chi connectivity index (χ2v) is 3.50. The van der Waals surface area contributed by atoms with Crippen molar-refractivity contribution >= 4 is 11.9 Å². The fraction of sp³-hybridized carbons (Fsp3) is 0.636. The summed E-state index contributed by atoms with van der Waals surface area (Å²) in [5.41, 5.74) is 0. The summed E-state index contributed by atoms with van der Waals surface area (Å²) in [4.78, 5) is 13.8. The second-order valence-electron chi connectivity index (χ2n) is 3.50. The van der Waals surface area contributed by atoms with E-state index in [9.17, 15) is 9.90 Å². The van der Waals surface area contributed by atoms with Crippen LogP contribution in [0, 0.1) is 0 Å². The van der Waals surface area contributed by atoms with Gasteiger partial charge in [-0.25, -0.2) is 4.79 Å². The molecule has 0 bridgehead atoms. The van der Waals surface area contributed by atoms with Gasteiger partial charge in [-0.2, -0.15) is 0 Å². The number of nitrogens with one attached hydrogen (secondary N) is 3. The van der Waals surface area contributed by atoms with Crippen LogP contribution in [0.15, 0.2) is 17.1 Å². The molecule has 0 fully saturated rings. The van der Waals surface area contributed by atoms with Crippen molar-refractivity contribution in [1.29, 1.82) is 0 Å². The van der Waals surface area contributed by atoms with Crippen LogP contribution in [-0.4, -0.2) is 63.3 Å². The van der Waals surface area contributed by atoms with E-state index in [1.54, 1.807) is 0 Å². The van der Waals surface area contributed by atoms with Gasteiger partial charge in [-0.3, -0.25) is 4.99 Å². The fourth-order valence-electron chi connectivity index (χ4n) is 1.08. The third-order valence-electron chi connectivity index (χ3n) is 1.96. The molecular formula is C11H21N4NaO3. The van der Waals surface area contributed by atoms with Crippen LogP contribution in [0.2, 0.25) is 0 Å². The van der Waals surface area contributed by atoms with E-state index < -0.39 is 11.9 Å². The molecule has 0 radical (unpaired) electrons. The molecule has 0 aromatic carbocycles. The third kappa shape index (κ3) is 17.6. The molecule has 7 nitrogen and oxygen atoms in total. The SMILES string of the molecule is CNCCNCCNCCN=C([O-])/C=C/C(=O)O.[Na+]. The number of likely N-dealkylation sites (N-methyl/N-ethyl adjacent to an activating group) is 1. The molecule has 0 aliphatic heterocycles. The van der Waals surface area contributed by atoms with Crippen molar-refractivity contribution in [1.82, 2.24) is 16.0 Å². The number of aliphatic imine (C=N–C) groups is 1. The Kier molecular flexibility index (Phi) is 17.2. The van der Waals surface area contributed by atoms with E-state index in [2.05, 4.69) is 20.9 Å². The molecule has 0 aromatic heterocycles. The average molecular weight is 280 g/mol. The molecule has 0 spiro atoms. The van der Waals surface area contributed by atoms with Crippen LogP contribution in [0.3, 0.4) is 0 Å². The fourth-order valence-corrected chi connectivity index (χ4v) is 1.08. The Morgan fingerprint density at radius 2 is 1.74 bits per heavy atom. The van der Waals surface area contributed by atoms with E-state index in [-0.39, 0.29) is 29.6 Å². The topological polar surface area (TPSA) is 109 Å². The smallest absolute Gasteiger partial charge is 0.859 e. The second kappa shape index (κ2) is 15.6. The van der Waals surface area contributed by atoms with Gasteiger partial charge in [-0.05, 0) is 19.0 Å². The zero-order chi connectivity index (χ0) is 13.6. The van der Waals surface area contributed by atoms with Crippen LogP contribution in [0.1, 0.15) is 0 Å². The third-order valence-corrected chi connectivity index (χ3v) is 1.96. The largest absolute Gasteiger partial charge is 1.00 e. The molecule has 0 aliphatic rings. The standard InChI is InChI=1S/C11H22N4O3.Na/c1-12-4-5-13-6-7-14-8-9-15-10(16)2-3-11(17)18;/h2-3,12-14H,4-9H2,1H3,(H,15,16)(H,17,18);/q;+1/p-1/b3-2+;. The number of hydrogen-bond donors (Lipinski definition) is 4. The molecule has 0 unspecified atom stereocenters. The Bertz CT molecular complexity index is 285. The first-order valence-corrected chi connectivity index (χ1v) is 5.85. The molecule has 0 saturated carbocycles. The molecule has 0 aliphatic carbocycles. The number of carboxylic acid groups (broad SMARTS) is 1. The van der Waals surface area contributed by atoms with Crippen LogP contribution in [-0.2, 0) is 4.79 Å². The number of carbonyl (C=O) groups is 1. The van der Waals surface area contributed by atoms with Gasteiger partial charge < -0.3 is 26.2 Å². The molecule has 0 atom stereocenters. The normalized spacial score (nSPS) is 11.5. The molecule has 19 heavy (non-hydrogen) atoms. The summed E-state index contributed by atoms with van der Waals surface area (Å²) in [5, 5.41) is 28.6. The van der Waals surface area contributed by atoms with Gasteiger partial charge in [0.1, 0.15) is 0 Å². The minimum atomic E-state index is -1.15. The molecule has 0 amide bonds. The average Bonchev–Trinajstić information content (AvgIpc) is 2.34. The predicted molar refractivity (Wildman–Crippen MR) is 68.7 cm³/mol. The number of carboxylic acids is 1. The first kappa shape index (κ1) is 20.9. The number of hydrogen-bond acceptors (Lipinski definition) is 6. The Labute approximate surface area is 135 Å². The van der Waals surface area contributed by atoms with Crippen LogP contribution < -0.4 is 50.6 Å². The van der Waals surface area contributed by atoms with Gasteiger partial charge in [-0.1, -0.05) is 0 Å². The summed E-state index contributed by atoms with van der Waals surface area (Å²) < 4.78 is 0. The van der Waals surface area contributed by atoms with Crippen molar-refractivity contribution in [3.63, 3.8) is 0 Å². The summed E-state index contributed by atoms with van der Waals surface area (Å²) in [7, 11) is 1.90. The molecule has 4 N–H and O–H groups in total. The zero-order valence-electron chi connectivity index (χ0n) is 11.6. The van der Waals surface area contributed by atoms with Crippen LogP contribution in [0.4, 0.5) is 0 Å². The van der Waals surface area contributed by atoms with E-state index in [0.717, 1.165) is 38.3 Å². The minimum Gasteiger partial charge on any atom is -0.859 e. The zero-order valence-corrected chi connectivity index (χ0v) is 13.6. The van der Waals surface area contributed by atoms with Gasteiger partial charge in [0.2, 0.25) is 0 Å². The maximum absolute atomic E-state index is 11.0. The van der Waals surface area contributed by atoms with Crippen LogP contribution >= 0.6 is 0 Å². The molecular weight excluding hydrogens is 259 g/mol. The Morgan fingerprint density at radius 1 is 1.16 bits per heavy atom. The monoisotopic (exact) mass is 280 g/mol. The maximum Gasteiger partial charge on any atom is 1.00 e. The van der Waals surface area contributed by atoms with Crippen molar-refractivity contribution < 1.29 is 44.6 Å². The molecule has 104 valence electrons. The predicted octanol–water partition coefficient (Wildman–Crippen LogP) is -5.21. The van der Waals surface area contributed by atoms with E-state index in [1.165, 1.54) is 0 Å². The summed E-state index contributed by atoms with van der Waals surface area (Å²) in [5.74, 6) is -1.67. The van der Waals surface area contributed by atoms with Gasteiger partial charge in [0.25, 0.3) is 0 Å². The summed E-state index contributed by atoms with van der Waals surface area (Å²) in [6.45, 7) is 4.45. The maximum atomic E-state index is 11.0. The molecule has 0 aromatic rings. The van der Waals surface area contributed by atoms with Crippen molar-refractivity contribution in [3.8, 4) is 0 Å². The molecule has 0 heterocycles. The van der Waals surface area contributed by atoms with Gasteiger partial charge in [-0.15, -0.1) is 0 Å². The number of rotatable bonds is 11. The first-order chi connectivity index (χ1) is 8.66. The summed E-state index contributed by atoms with van der Waals surface area (Å²) in [6.07, 6.45) is 1.73. The van der Waals surface area contributed by atoms with Gasteiger partial charge in [0.15, 0.2) is 0 Å².